The van der Waals surface area contributed by atoms with E-state index in [-0.39, 0.29) is 11.9 Å². The number of hydrogen-bond donors (Lipinski definition) is 0. The van der Waals surface area contributed by atoms with E-state index < -0.39 is 5.41 Å². The summed E-state index contributed by atoms with van der Waals surface area (Å²) in [5.74, 6) is 1.12. The van der Waals surface area contributed by atoms with Gasteiger partial charge in [0.05, 0.1) is 12.5 Å². The molecule has 3 nitrogen and oxygen atoms in total. The molecule has 4 atom stereocenters. The summed E-state index contributed by atoms with van der Waals surface area (Å²) in [7, 11) is 1.46. The van der Waals surface area contributed by atoms with E-state index >= 15 is 0 Å². The molecule has 94 valence electrons. The molecule has 3 aliphatic carbocycles. The van der Waals surface area contributed by atoms with Gasteiger partial charge in [-0.25, -0.2) is 0 Å². The molecule has 0 saturated heterocycles. The first-order chi connectivity index (χ1) is 8.21. The van der Waals surface area contributed by atoms with Gasteiger partial charge in [-0.1, -0.05) is 12.8 Å². The van der Waals surface area contributed by atoms with Crippen molar-refractivity contribution in [1.82, 2.24) is 0 Å². The lowest BCUT2D eigenvalue weighted by molar-refractivity contribution is -0.206. The number of fused-ring (bicyclic) bond motifs is 4. The molecule has 3 saturated carbocycles. The first-order valence-corrected chi connectivity index (χ1v) is 6.83. The van der Waals surface area contributed by atoms with Gasteiger partial charge in [-0.3, -0.25) is 9.59 Å². The third-order valence-electron chi connectivity index (χ3n) is 5.39. The van der Waals surface area contributed by atoms with Gasteiger partial charge in [0.1, 0.15) is 5.78 Å². The standard InChI is InChI=1S/C14H20O3/c1-17-13(16)14-8-4-7-11(15)12(14)9-5-2-3-6-10(9)14/h9-10,12H,2-8H2,1H3. The minimum Gasteiger partial charge on any atom is -0.469 e. The molecular weight excluding hydrogens is 216 g/mol. The van der Waals surface area contributed by atoms with Crippen molar-refractivity contribution in [3.05, 3.63) is 0 Å². The molecule has 0 aromatic rings. The van der Waals surface area contributed by atoms with Crippen LogP contribution in [-0.2, 0) is 14.3 Å². The number of carbonyl (C=O) groups is 2. The van der Waals surface area contributed by atoms with Gasteiger partial charge in [-0.05, 0) is 37.5 Å². The number of Topliss-reactive ketones (excluding diaryl/α,β-unsaturated/α-hetero) is 1. The lowest BCUT2D eigenvalue weighted by Crippen LogP contribution is -2.66. The summed E-state index contributed by atoms with van der Waals surface area (Å²) in [4.78, 5) is 24.3. The minimum absolute atomic E-state index is 0.00556. The van der Waals surface area contributed by atoms with Gasteiger partial charge in [0.2, 0.25) is 0 Å². The van der Waals surface area contributed by atoms with E-state index in [1.54, 1.807) is 0 Å². The number of ether oxygens (including phenoxy) is 1. The van der Waals surface area contributed by atoms with Crippen LogP contribution in [0.1, 0.15) is 44.9 Å². The normalized spacial score (nSPS) is 44.3. The molecule has 17 heavy (non-hydrogen) atoms. The Bertz CT molecular complexity index is 362. The lowest BCUT2D eigenvalue weighted by Gasteiger charge is -2.62. The van der Waals surface area contributed by atoms with Crippen LogP contribution in [0.3, 0.4) is 0 Å². The molecule has 4 unspecified atom stereocenters. The van der Waals surface area contributed by atoms with Crippen molar-refractivity contribution in [2.75, 3.05) is 7.11 Å². The van der Waals surface area contributed by atoms with Crippen molar-refractivity contribution in [2.45, 2.75) is 44.9 Å². The van der Waals surface area contributed by atoms with Crippen LogP contribution in [0.25, 0.3) is 0 Å². The summed E-state index contributed by atoms with van der Waals surface area (Å²) >= 11 is 0. The van der Waals surface area contributed by atoms with Crippen LogP contribution in [0, 0.1) is 23.2 Å². The summed E-state index contributed by atoms with van der Waals surface area (Å²) in [6.45, 7) is 0. The van der Waals surface area contributed by atoms with E-state index in [9.17, 15) is 9.59 Å². The fraction of sp³-hybridized carbons (Fsp3) is 0.857. The van der Waals surface area contributed by atoms with Crippen LogP contribution in [0.15, 0.2) is 0 Å². The molecule has 3 aliphatic rings. The van der Waals surface area contributed by atoms with Crippen molar-refractivity contribution < 1.29 is 14.3 Å². The summed E-state index contributed by atoms with van der Waals surface area (Å²) in [6.07, 6.45) is 7.10. The average Bonchev–Trinajstić information content (AvgIpc) is 2.34. The highest BCUT2D eigenvalue weighted by molar-refractivity contribution is 5.93. The molecular formula is C14H20O3. The molecule has 0 heterocycles. The topological polar surface area (TPSA) is 43.4 Å². The number of esters is 1. The third-order valence-corrected chi connectivity index (χ3v) is 5.39. The van der Waals surface area contributed by atoms with Crippen molar-refractivity contribution in [1.29, 1.82) is 0 Å². The zero-order chi connectivity index (χ0) is 12.0. The molecule has 3 heteroatoms. The van der Waals surface area contributed by atoms with Gasteiger partial charge in [-0.15, -0.1) is 0 Å². The summed E-state index contributed by atoms with van der Waals surface area (Å²) in [6, 6.07) is 0. The van der Waals surface area contributed by atoms with Crippen molar-refractivity contribution in [3.8, 4) is 0 Å². The number of carbonyl (C=O) groups excluding carboxylic acids is 2. The predicted octanol–water partition coefficient (Wildman–Crippen LogP) is 2.33. The molecule has 0 bridgehead atoms. The zero-order valence-corrected chi connectivity index (χ0v) is 10.4. The van der Waals surface area contributed by atoms with E-state index in [0.717, 1.165) is 25.7 Å². The van der Waals surface area contributed by atoms with Gasteiger partial charge in [-0.2, -0.15) is 0 Å². The zero-order valence-electron chi connectivity index (χ0n) is 10.4. The smallest absolute Gasteiger partial charge is 0.312 e. The summed E-state index contributed by atoms with van der Waals surface area (Å²) in [5, 5.41) is 0. The molecule has 0 aliphatic heterocycles. The van der Waals surface area contributed by atoms with Crippen LogP contribution in [0.5, 0.6) is 0 Å². The average molecular weight is 236 g/mol. The van der Waals surface area contributed by atoms with Crippen LogP contribution < -0.4 is 0 Å². The highest BCUT2D eigenvalue weighted by atomic mass is 16.5. The Hall–Kier alpha value is -0.860. The third kappa shape index (κ3) is 1.28. The molecule has 0 radical (unpaired) electrons. The van der Waals surface area contributed by atoms with Crippen molar-refractivity contribution in [3.63, 3.8) is 0 Å². The number of hydrogen-bond acceptors (Lipinski definition) is 3. The maximum atomic E-state index is 12.2. The quantitative estimate of drug-likeness (QED) is 0.656. The van der Waals surface area contributed by atoms with Crippen LogP contribution in [0.4, 0.5) is 0 Å². The first kappa shape index (κ1) is 11.2. The van der Waals surface area contributed by atoms with Gasteiger partial charge in [0, 0.05) is 12.3 Å². The Kier molecular flexibility index (Phi) is 2.53. The highest BCUT2D eigenvalue weighted by Crippen LogP contribution is 2.66. The monoisotopic (exact) mass is 236 g/mol. The molecule has 0 spiro atoms. The van der Waals surface area contributed by atoms with E-state index in [2.05, 4.69) is 0 Å². The highest BCUT2D eigenvalue weighted by Gasteiger charge is 2.69. The number of methoxy groups -OCH3 is 1. The van der Waals surface area contributed by atoms with Crippen molar-refractivity contribution >= 4 is 11.8 Å². The fourth-order valence-electron chi connectivity index (χ4n) is 4.84. The van der Waals surface area contributed by atoms with E-state index in [0.29, 0.717) is 24.0 Å². The molecule has 0 aromatic carbocycles. The lowest BCUT2D eigenvalue weighted by atomic mass is 9.39. The molecule has 0 aromatic heterocycles. The largest absolute Gasteiger partial charge is 0.469 e. The van der Waals surface area contributed by atoms with Gasteiger partial charge >= 0.3 is 5.97 Å². The fourth-order valence-corrected chi connectivity index (χ4v) is 4.84. The first-order valence-electron chi connectivity index (χ1n) is 6.83. The second kappa shape index (κ2) is 3.82. The Balaban J connectivity index is 1.96. The van der Waals surface area contributed by atoms with Crippen LogP contribution >= 0.6 is 0 Å². The maximum Gasteiger partial charge on any atom is 0.312 e. The van der Waals surface area contributed by atoms with E-state index in [4.69, 9.17) is 4.74 Å². The van der Waals surface area contributed by atoms with Crippen molar-refractivity contribution in [2.24, 2.45) is 23.2 Å². The Morgan fingerprint density at radius 2 is 2.06 bits per heavy atom. The summed E-state index contributed by atoms with van der Waals surface area (Å²) in [5.41, 5.74) is -0.421. The minimum atomic E-state index is -0.421. The molecule has 0 N–H and O–H groups in total. The molecule has 3 rings (SSSR count). The predicted molar refractivity (Wildman–Crippen MR) is 62.2 cm³/mol. The second-order valence-electron chi connectivity index (χ2n) is 5.88. The Morgan fingerprint density at radius 3 is 2.82 bits per heavy atom. The van der Waals surface area contributed by atoms with Gasteiger partial charge < -0.3 is 4.74 Å². The summed E-state index contributed by atoms with van der Waals surface area (Å²) < 4.78 is 5.02. The molecule has 3 fully saturated rings. The Morgan fingerprint density at radius 1 is 1.29 bits per heavy atom. The van der Waals surface area contributed by atoms with Crippen LogP contribution in [0.2, 0.25) is 0 Å². The van der Waals surface area contributed by atoms with Gasteiger partial charge in [0.15, 0.2) is 0 Å². The van der Waals surface area contributed by atoms with Gasteiger partial charge in [0.25, 0.3) is 0 Å². The van der Waals surface area contributed by atoms with E-state index in [1.165, 1.54) is 20.0 Å². The van der Waals surface area contributed by atoms with E-state index in [1.807, 2.05) is 0 Å². The number of ketones is 1. The molecule has 0 amide bonds. The Labute approximate surface area is 102 Å². The second-order valence-corrected chi connectivity index (χ2v) is 5.88. The maximum absolute atomic E-state index is 12.2. The van der Waals surface area contributed by atoms with Crippen LogP contribution in [-0.4, -0.2) is 18.9 Å². The number of rotatable bonds is 1. The SMILES string of the molecule is COC(=O)C12CCCC(=O)C1C1CCCCC12.